The van der Waals surface area contributed by atoms with Gasteiger partial charge in [0.25, 0.3) is 0 Å². The molecule has 12 heteroatoms. The lowest BCUT2D eigenvalue weighted by atomic mass is 9.92. The van der Waals surface area contributed by atoms with Crippen LogP contribution in [0.2, 0.25) is 0 Å². The van der Waals surface area contributed by atoms with Gasteiger partial charge in [0.15, 0.2) is 0 Å². The maximum absolute atomic E-state index is 12.9. The van der Waals surface area contributed by atoms with E-state index < -0.39 is 0 Å². The van der Waals surface area contributed by atoms with Gasteiger partial charge < -0.3 is 30.6 Å². The summed E-state index contributed by atoms with van der Waals surface area (Å²) in [6.45, 7) is 16.1. The maximum Gasteiger partial charge on any atom is 0.315 e. The van der Waals surface area contributed by atoms with Crippen LogP contribution in [0.5, 0.6) is 0 Å². The Hall–Kier alpha value is -3.53. The Morgan fingerprint density at radius 2 is 1.77 bits per heavy atom. The molecule has 1 aromatic heterocycles. The molecule has 56 heavy (non-hydrogen) atoms. The molecule has 5 heterocycles. The quantitative estimate of drug-likeness (QED) is 0.0871. The van der Waals surface area contributed by atoms with E-state index in [0.29, 0.717) is 24.1 Å². The molecule has 4 N–H and O–H groups in total. The van der Waals surface area contributed by atoms with Crippen LogP contribution < -0.4 is 21.3 Å². The number of carbonyl (C=O) groups excluding carboxylic acids is 3. The van der Waals surface area contributed by atoms with Crippen molar-refractivity contribution in [3.05, 3.63) is 40.8 Å². The van der Waals surface area contributed by atoms with Crippen LogP contribution in [-0.4, -0.2) is 102 Å². The van der Waals surface area contributed by atoms with Gasteiger partial charge in [-0.2, -0.15) is 11.8 Å². The number of oxazole rings is 1. The van der Waals surface area contributed by atoms with Crippen molar-refractivity contribution in [2.75, 3.05) is 51.6 Å². The van der Waals surface area contributed by atoms with Crippen LogP contribution in [0.3, 0.4) is 0 Å². The van der Waals surface area contributed by atoms with Crippen molar-refractivity contribution >= 4 is 29.6 Å². The summed E-state index contributed by atoms with van der Waals surface area (Å²) in [5, 5.41) is 12.7. The second-order valence-corrected chi connectivity index (χ2v) is 18.2. The molecule has 306 valence electrons. The summed E-state index contributed by atoms with van der Waals surface area (Å²) in [5.74, 6) is 11.0. The predicted octanol–water partition coefficient (Wildman–Crippen LogP) is 6.02. The minimum atomic E-state index is -0.0477. The number of thioether (sulfide) groups is 1. The third kappa shape index (κ3) is 12.2. The summed E-state index contributed by atoms with van der Waals surface area (Å²) in [6, 6.07) is 6.62. The summed E-state index contributed by atoms with van der Waals surface area (Å²) in [4.78, 5) is 46.6. The van der Waals surface area contributed by atoms with Crippen LogP contribution in [0.25, 0.3) is 11.5 Å². The van der Waals surface area contributed by atoms with E-state index in [1.165, 1.54) is 19.5 Å². The summed E-state index contributed by atoms with van der Waals surface area (Å²) in [7, 11) is 0. The lowest BCUT2D eigenvalue weighted by Crippen LogP contribution is -2.42. The van der Waals surface area contributed by atoms with Crippen molar-refractivity contribution in [3.8, 4) is 23.3 Å². The number of piperidine rings is 2. The Bertz CT molecular complexity index is 1690. The van der Waals surface area contributed by atoms with Crippen molar-refractivity contribution < 1.29 is 18.8 Å². The number of benzene rings is 1. The molecule has 4 fully saturated rings. The van der Waals surface area contributed by atoms with E-state index in [1.807, 2.05) is 24.8 Å². The Morgan fingerprint density at radius 1 is 0.982 bits per heavy atom. The van der Waals surface area contributed by atoms with Crippen molar-refractivity contribution in [2.45, 2.75) is 122 Å². The number of hydrogen-bond acceptors (Lipinski definition) is 8. The van der Waals surface area contributed by atoms with Gasteiger partial charge in [0.05, 0.1) is 17.8 Å². The minimum Gasteiger partial charge on any atom is -0.441 e. The van der Waals surface area contributed by atoms with Gasteiger partial charge in [-0.1, -0.05) is 32.1 Å². The number of nitrogens with zero attached hydrogens (tertiary/aromatic N) is 3. The van der Waals surface area contributed by atoms with Crippen LogP contribution in [-0.2, 0) is 16.1 Å². The number of rotatable bonds is 17. The first-order chi connectivity index (χ1) is 27.1. The summed E-state index contributed by atoms with van der Waals surface area (Å²) < 4.78 is 6.16. The summed E-state index contributed by atoms with van der Waals surface area (Å²) >= 11 is 1.92. The largest absolute Gasteiger partial charge is 0.441 e. The monoisotopic (exact) mass is 787 g/mol. The number of unbranched alkanes of at least 4 members (excludes halogenated alkanes) is 3. The fourth-order valence-electron chi connectivity index (χ4n) is 8.96. The molecule has 5 atom stereocenters. The molecule has 4 saturated heterocycles. The van der Waals surface area contributed by atoms with Gasteiger partial charge in [0, 0.05) is 73.6 Å². The third-order valence-corrected chi connectivity index (χ3v) is 13.4. The molecule has 1 aromatic carbocycles. The molecule has 0 unspecified atom stereocenters. The summed E-state index contributed by atoms with van der Waals surface area (Å²) in [6.07, 6.45) is 10.2. The Balaban J connectivity index is 0.831. The van der Waals surface area contributed by atoms with Gasteiger partial charge in [-0.05, 0) is 120 Å². The number of fused-ring (bicyclic) bond motifs is 1. The Kier molecular flexibility index (Phi) is 15.6. The maximum atomic E-state index is 12.9. The topological polar surface area (TPSA) is 132 Å². The fraction of sp³-hybridized carbons (Fsp3) is 0.682. The van der Waals surface area contributed by atoms with Gasteiger partial charge in [-0.25, -0.2) is 9.78 Å². The van der Waals surface area contributed by atoms with Crippen molar-refractivity contribution in [1.82, 2.24) is 36.1 Å². The normalized spacial score (nSPS) is 24.2. The van der Waals surface area contributed by atoms with Crippen LogP contribution >= 0.6 is 11.8 Å². The molecule has 0 radical (unpaired) electrons. The van der Waals surface area contributed by atoms with E-state index in [9.17, 15) is 14.4 Å². The zero-order valence-electron chi connectivity index (χ0n) is 34.2. The highest BCUT2D eigenvalue weighted by atomic mass is 32.2. The van der Waals surface area contributed by atoms with E-state index in [0.717, 1.165) is 136 Å². The number of likely N-dealkylation sites (tertiary alicyclic amines) is 2. The average molecular weight is 788 g/mol. The minimum absolute atomic E-state index is 0.0477. The molecule has 4 aliphatic heterocycles. The highest BCUT2D eigenvalue weighted by Gasteiger charge is 2.42. The molecule has 6 rings (SSSR count). The number of nitrogens with one attached hydrogen (secondary N) is 4. The van der Waals surface area contributed by atoms with Gasteiger partial charge in [0.1, 0.15) is 5.76 Å². The van der Waals surface area contributed by atoms with Crippen LogP contribution in [0.1, 0.15) is 107 Å². The summed E-state index contributed by atoms with van der Waals surface area (Å²) in [5.41, 5.74) is 3.98. The van der Waals surface area contributed by atoms with E-state index in [2.05, 4.69) is 75.8 Å². The van der Waals surface area contributed by atoms with Gasteiger partial charge in [0.2, 0.25) is 17.7 Å². The van der Waals surface area contributed by atoms with Gasteiger partial charge >= 0.3 is 6.03 Å². The number of amides is 4. The highest BCUT2D eigenvalue weighted by Crippen LogP contribution is 2.33. The lowest BCUT2D eigenvalue weighted by molar-refractivity contribution is -0.126. The molecular formula is C44H65N7O4S. The molecular weight excluding hydrogens is 723 g/mol. The molecule has 0 aliphatic carbocycles. The molecule has 0 saturated carbocycles. The molecule has 0 bridgehead atoms. The number of aryl methyl sites for hydroxylation is 2. The Labute approximate surface area is 339 Å². The molecule has 2 aromatic rings. The highest BCUT2D eigenvalue weighted by molar-refractivity contribution is 8.00. The van der Waals surface area contributed by atoms with Crippen LogP contribution in [0.4, 0.5) is 4.79 Å². The molecule has 0 spiro atoms. The van der Waals surface area contributed by atoms with E-state index in [1.54, 1.807) is 0 Å². The number of urea groups is 1. The first kappa shape index (κ1) is 42.1. The lowest BCUT2D eigenvalue weighted by Gasteiger charge is -2.35. The first-order valence-electron chi connectivity index (χ1n) is 21.3. The van der Waals surface area contributed by atoms with E-state index in [4.69, 9.17) is 9.40 Å². The van der Waals surface area contributed by atoms with E-state index >= 15 is 0 Å². The second kappa shape index (κ2) is 20.8. The fourth-order valence-corrected chi connectivity index (χ4v) is 10.5. The second-order valence-electron chi connectivity index (χ2n) is 16.9. The van der Waals surface area contributed by atoms with E-state index in [-0.39, 0.29) is 35.8 Å². The van der Waals surface area contributed by atoms with Gasteiger partial charge in [-0.15, -0.1) is 0 Å². The number of aromatic nitrogens is 1. The molecule has 4 amide bonds. The first-order valence-corrected chi connectivity index (χ1v) is 22.4. The number of hydrogen-bond donors (Lipinski definition) is 4. The smallest absolute Gasteiger partial charge is 0.315 e. The Morgan fingerprint density at radius 3 is 2.55 bits per heavy atom. The SMILES string of the molecule is Cc1cc(C#CCCCCNC(=O)CCCC[C@H]2SC[C@H]3NC(=O)N[C@H]32)ccc1-c1nc(CN2CCC(C(=O)NCCCN3C[C@H](C)C[C@H](C)C3)CC2)c(C)o1. The zero-order valence-corrected chi connectivity index (χ0v) is 35.0. The predicted molar refractivity (Wildman–Crippen MR) is 224 cm³/mol. The van der Waals surface area contributed by atoms with Crippen LogP contribution in [0.15, 0.2) is 22.6 Å². The number of carbonyl (C=O) groups is 3. The van der Waals surface area contributed by atoms with Crippen molar-refractivity contribution in [1.29, 1.82) is 0 Å². The standard InChI is InChI=1S/C44H65N7O4S/c1-30-24-31(2)27-51(26-30)21-11-20-46-42(53)35-17-22-50(23-18-35)28-37-33(4)55-43(47-37)36-16-15-34(25-32(36)3)12-7-5-6-10-19-45-40(52)14-9-8-13-39-41-38(29-56-39)48-44(54)49-41/h15-16,25,30-31,35,38-39,41H,5-6,8-11,13-14,17-24,26-29H2,1-4H3,(H,45,52)(H,46,53)(H2,48,49,54)/t30-,31+,38-,39-,41-/m1/s1. The van der Waals surface area contributed by atoms with Crippen molar-refractivity contribution in [2.24, 2.45) is 17.8 Å². The molecule has 4 aliphatic rings. The zero-order chi connectivity index (χ0) is 39.4. The average Bonchev–Trinajstić information content (AvgIpc) is 3.84. The van der Waals surface area contributed by atoms with Gasteiger partial charge in [-0.3, -0.25) is 14.5 Å². The van der Waals surface area contributed by atoms with Crippen molar-refractivity contribution in [3.63, 3.8) is 0 Å². The van der Waals surface area contributed by atoms with Crippen LogP contribution in [0, 0.1) is 43.4 Å². The molecule has 11 nitrogen and oxygen atoms in total. The third-order valence-electron chi connectivity index (χ3n) is 11.9.